The van der Waals surface area contributed by atoms with Gasteiger partial charge in [-0.1, -0.05) is 48.0 Å². The van der Waals surface area contributed by atoms with Crippen LogP contribution in [-0.2, 0) is 16.1 Å². The molecular weight excluding hydrogens is 364 g/mol. The maximum atomic E-state index is 12.5. The minimum absolute atomic E-state index is 0.00374. The standard InChI is InChI=1S/C23H30N4O2/c1-18-8-10-21(11-9-18)25-22(28)17-26-12-14-27(15-13-26)19(2)23(29)24-16-20-6-4-3-5-7-20/h3-11,19H,12-17H2,1-2H3,(H,24,29)(H,25,28). The first kappa shape index (κ1) is 21.0. The van der Waals surface area contributed by atoms with E-state index < -0.39 is 0 Å². The van der Waals surface area contributed by atoms with Gasteiger partial charge >= 0.3 is 0 Å². The molecule has 0 radical (unpaired) electrons. The van der Waals surface area contributed by atoms with E-state index in [0.717, 1.165) is 37.4 Å². The zero-order valence-electron chi connectivity index (χ0n) is 17.2. The Bertz CT molecular complexity index is 799. The second-order valence-corrected chi connectivity index (χ2v) is 7.61. The van der Waals surface area contributed by atoms with Crippen molar-refractivity contribution in [3.05, 3.63) is 65.7 Å². The predicted molar refractivity (Wildman–Crippen MR) is 116 cm³/mol. The largest absolute Gasteiger partial charge is 0.351 e. The molecule has 1 atom stereocenters. The molecule has 0 saturated carbocycles. The second kappa shape index (κ2) is 10.2. The number of carbonyl (C=O) groups excluding carboxylic acids is 2. The van der Waals surface area contributed by atoms with Gasteiger partial charge in [0.25, 0.3) is 0 Å². The number of nitrogens with zero attached hydrogens (tertiary/aromatic N) is 2. The van der Waals surface area contributed by atoms with Gasteiger partial charge in [0.2, 0.25) is 11.8 Å². The van der Waals surface area contributed by atoms with Gasteiger partial charge in [-0.3, -0.25) is 19.4 Å². The lowest BCUT2D eigenvalue weighted by atomic mass is 10.2. The van der Waals surface area contributed by atoms with Crippen molar-refractivity contribution in [3.63, 3.8) is 0 Å². The molecule has 0 bridgehead atoms. The van der Waals surface area contributed by atoms with E-state index in [0.29, 0.717) is 13.1 Å². The van der Waals surface area contributed by atoms with Crippen molar-refractivity contribution in [2.24, 2.45) is 0 Å². The molecule has 1 heterocycles. The van der Waals surface area contributed by atoms with E-state index in [4.69, 9.17) is 0 Å². The van der Waals surface area contributed by atoms with Crippen molar-refractivity contribution >= 4 is 17.5 Å². The second-order valence-electron chi connectivity index (χ2n) is 7.61. The molecule has 6 nitrogen and oxygen atoms in total. The fraction of sp³-hybridized carbons (Fsp3) is 0.391. The highest BCUT2D eigenvalue weighted by Gasteiger charge is 2.26. The number of hydrogen-bond acceptors (Lipinski definition) is 4. The number of carbonyl (C=O) groups is 2. The lowest BCUT2D eigenvalue weighted by molar-refractivity contribution is -0.127. The molecule has 2 aromatic carbocycles. The Morgan fingerprint density at radius 2 is 1.62 bits per heavy atom. The quantitative estimate of drug-likeness (QED) is 0.756. The first-order chi connectivity index (χ1) is 14.0. The topological polar surface area (TPSA) is 64.7 Å². The van der Waals surface area contributed by atoms with E-state index in [1.807, 2.05) is 68.4 Å². The Labute approximate surface area is 172 Å². The van der Waals surface area contributed by atoms with Crippen LogP contribution in [-0.4, -0.2) is 60.4 Å². The highest BCUT2D eigenvalue weighted by atomic mass is 16.2. The number of nitrogens with one attached hydrogen (secondary N) is 2. The smallest absolute Gasteiger partial charge is 0.238 e. The Hall–Kier alpha value is -2.70. The van der Waals surface area contributed by atoms with Gasteiger partial charge < -0.3 is 10.6 Å². The Morgan fingerprint density at radius 3 is 2.28 bits per heavy atom. The maximum absolute atomic E-state index is 12.5. The van der Waals surface area contributed by atoms with Gasteiger partial charge in [-0.15, -0.1) is 0 Å². The summed E-state index contributed by atoms with van der Waals surface area (Å²) in [6, 6.07) is 17.5. The van der Waals surface area contributed by atoms with Gasteiger partial charge in [0.05, 0.1) is 12.6 Å². The van der Waals surface area contributed by atoms with Gasteiger partial charge in [0.15, 0.2) is 0 Å². The van der Waals surface area contributed by atoms with Crippen LogP contribution in [0.15, 0.2) is 54.6 Å². The molecule has 0 aliphatic carbocycles. The monoisotopic (exact) mass is 394 g/mol. The lowest BCUT2D eigenvalue weighted by Gasteiger charge is -2.37. The van der Waals surface area contributed by atoms with E-state index >= 15 is 0 Å². The molecule has 2 aromatic rings. The zero-order chi connectivity index (χ0) is 20.6. The van der Waals surface area contributed by atoms with Crippen LogP contribution in [0, 0.1) is 6.92 Å². The molecule has 1 fully saturated rings. The Morgan fingerprint density at radius 1 is 0.966 bits per heavy atom. The number of aryl methyl sites for hydroxylation is 1. The average molecular weight is 395 g/mol. The number of hydrogen-bond donors (Lipinski definition) is 2. The van der Waals surface area contributed by atoms with Crippen LogP contribution >= 0.6 is 0 Å². The summed E-state index contributed by atoms with van der Waals surface area (Å²) in [5.41, 5.74) is 3.08. The number of rotatable bonds is 7. The fourth-order valence-electron chi connectivity index (χ4n) is 3.45. The van der Waals surface area contributed by atoms with Gasteiger partial charge in [0, 0.05) is 38.4 Å². The van der Waals surface area contributed by atoms with Crippen LogP contribution in [0.1, 0.15) is 18.1 Å². The highest BCUT2D eigenvalue weighted by molar-refractivity contribution is 5.92. The average Bonchev–Trinajstić information content (AvgIpc) is 2.74. The summed E-state index contributed by atoms with van der Waals surface area (Å²) in [6.07, 6.45) is 0. The normalized spacial score (nSPS) is 16.2. The van der Waals surface area contributed by atoms with E-state index in [9.17, 15) is 9.59 Å². The molecule has 1 unspecified atom stereocenters. The summed E-state index contributed by atoms with van der Waals surface area (Å²) in [6.45, 7) is 7.98. The third-order valence-electron chi connectivity index (χ3n) is 5.35. The molecule has 3 rings (SSSR count). The van der Waals surface area contributed by atoms with E-state index in [1.165, 1.54) is 5.56 Å². The minimum atomic E-state index is -0.178. The van der Waals surface area contributed by atoms with Crippen LogP contribution in [0.25, 0.3) is 0 Å². The summed E-state index contributed by atoms with van der Waals surface area (Å²) in [4.78, 5) is 29.1. The molecule has 2 N–H and O–H groups in total. The van der Waals surface area contributed by atoms with Crippen LogP contribution in [0.5, 0.6) is 0 Å². The van der Waals surface area contributed by atoms with Crippen LogP contribution < -0.4 is 10.6 Å². The van der Waals surface area contributed by atoms with Crippen molar-refractivity contribution in [2.45, 2.75) is 26.4 Å². The Kier molecular flexibility index (Phi) is 7.38. The van der Waals surface area contributed by atoms with E-state index in [-0.39, 0.29) is 17.9 Å². The molecule has 154 valence electrons. The molecule has 6 heteroatoms. The van der Waals surface area contributed by atoms with Gasteiger partial charge in [-0.2, -0.15) is 0 Å². The molecular formula is C23H30N4O2. The molecule has 1 aliphatic heterocycles. The van der Waals surface area contributed by atoms with Crippen molar-refractivity contribution < 1.29 is 9.59 Å². The van der Waals surface area contributed by atoms with Gasteiger partial charge in [0.1, 0.15) is 0 Å². The van der Waals surface area contributed by atoms with Crippen LogP contribution in [0.3, 0.4) is 0 Å². The molecule has 0 aromatic heterocycles. The van der Waals surface area contributed by atoms with Gasteiger partial charge in [-0.25, -0.2) is 0 Å². The number of amides is 2. The molecule has 0 spiro atoms. The van der Waals surface area contributed by atoms with E-state index in [2.05, 4.69) is 20.4 Å². The van der Waals surface area contributed by atoms with Crippen molar-refractivity contribution in [1.82, 2.24) is 15.1 Å². The maximum Gasteiger partial charge on any atom is 0.238 e. The first-order valence-corrected chi connectivity index (χ1v) is 10.2. The van der Waals surface area contributed by atoms with Crippen molar-refractivity contribution in [2.75, 3.05) is 38.0 Å². The third-order valence-corrected chi connectivity index (χ3v) is 5.35. The number of benzene rings is 2. The summed E-state index contributed by atoms with van der Waals surface area (Å²) in [5, 5.41) is 5.95. The SMILES string of the molecule is Cc1ccc(NC(=O)CN2CCN(C(C)C(=O)NCc3ccccc3)CC2)cc1. The molecule has 1 aliphatic rings. The molecule has 2 amide bonds. The zero-order valence-corrected chi connectivity index (χ0v) is 17.2. The fourth-order valence-corrected chi connectivity index (χ4v) is 3.45. The van der Waals surface area contributed by atoms with Crippen LogP contribution in [0.4, 0.5) is 5.69 Å². The van der Waals surface area contributed by atoms with E-state index in [1.54, 1.807) is 0 Å². The molecule has 29 heavy (non-hydrogen) atoms. The minimum Gasteiger partial charge on any atom is -0.351 e. The summed E-state index contributed by atoms with van der Waals surface area (Å²) < 4.78 is 0. The number of piperazine rings is 1. The Balaban J connectivity index is 1.39. The summed E-state index contributed by atoms with van der Waals surface area (Å²) in [5.74, 6) is 0.0374. The van der Waals surface area contributed by atoms with Crippen LogP contribution in [0.2, 0.25) is 0 Å². The summed E-state index contributed by atoms with van der Waals surface area (Å²) >= 11 is 0. The highest BCUT2D eigenvalue weighted by Crippen LogP contribution is 2.10. The predicted octanol–water partition coefficient (Wildman–Crippen LogP) is 2.26. The van der Waals surface area contributed by atoms with Crippen molar-refractivity contribution in [3.8, 4) is 0 Å². The summed E-state index contributed by atoms with van der Waals surface area (Å²) in [7, 11) is 0. The first-order valence-electron chi connectivity index (χ1n) is 10.2. The number of anilines is 1. The third kappa shape index (κ3) is 6.41. The van der Waals surface area contributed by atoms with Crippen molar-refractivity contribution in [1.29, 1.82) is 0 Å². The lowest BCUT2D eigenvalue weighted by Crippen LogP contribution is -2.54. The van der Waals surface area contributed by atoms with Gasteiger partial charge in [-0.05, 0) is 31.5 Å². The molecule has 1 saturated heterocycles.